The fourth-order valence-electron chi connectivity index (χ4n) is 5.71. The van der Waals surface area contributed by atoms with Gasteiger partial charge in [0, 0.05) is 0 Å². The van der Waals surface area contributed by atoms with E-state index in [4.69, 9.17) is 4.74 Å². The Labute approximate surface area is 225 Å². The number of unbranched alkanes of at least 4 members (excludes halogenated alkanes) is 8. The molecule has 0 radical (unpaired) electrons. The number of esters is 1. The fourth-order valence-corrected chi connectivity index (χ4v) is 5.71. The van der Waals surface area contributed by atoms with E-state index in [0.717, 1.165) is 62.5 Å². The predicted octanol–water partition coefficient (Wildman–Crippen LogP) is 9.39. The van der Waals surface area contributed by atoms with Crippen LogP contribution in [0.4, 0.5) is 0 Å². The summed E-state index contributed by atoms with van der Waals surface area (Å²) in [5.74, 6) is 0.192. The first-order valence-electron chi connectivity index (χ1n) is 15.0. The lowest BCUT2D eigenvalue weighted by Gasteiger charge is -2.35. The lowest BCUT2D eigenvalue weighted by atomic mass is 9.69. The zero-order valence-electron chi connectivity index (χ0n) is 23.3. The molecule has 0 amide bonds. The lowest BCUT2D eigenvalue weighted by Crippen LogP contribution is -2.41. The Morgan fingerprint density at radius 2 is 1.38 bits per heavy atom. The van der Waals surface area contributed by atoms with Crippen molar-refractivity contribution in [2.45, 2.75) is 128 Å². The van der Waals surface area contributed by atoms with Crippen LogP contribution in [0, 0.1) is 11.3 Å². The largest absolute Gasteiger partial charge is 0.424 e. The molecule has 0 spiro atoms. The number of aryl methyl sites for hydroxylation is 2. The Morgan fingerprint density at radius 3 is 2.03 bits per heavy atom. The van der Waals surface area contributed by atoms with Gasteiger partial charge in [-0.3, -0.25) is 4.79 Å². The third-order valence-electron chi connectivity index (χ3n) is 8.11. The Kier molecular flexibility index (Phi) is 12.2. The fraction of sp³-hybridized carbons (Fsp3) is 0.588. The monoisotopic (exact) mass is 501 g/mol. The SMILES string of the molecule is CCCCCCCCCCc1ccc(OC(=O)C2(c3ccc(CCCC)cc3)CCCCC2)c(C#N)c1. The summed E-state index contributed by atoms with van der Waals surface area (Å²) in [6.45, 7) is 4.46. The molecule has 0 saturated heterocycles. The molecule has 0 N–H and O–H groups in total. The van der Waals surface area contributed by atoms with E-state index < -0.39 is 5.41 Å². The van der Waals surface area contributed by atoms with Crippen molar-refractivity contribution in [3.05, 3.63) is 64.7 Å². The third kappa shape index (κ3) is 8.46. The van der Waals surface area contributed by atoms with Gasteiger partial charge >= 0.3 is 5.97 Å². The number of hydrogen-bond acceptors (Lipinski definition) is 3. The van der Waals surface area contributed by atoms with Gasteiger partial charge in [0.25, 0.3) is 0 Å². The zero-order chi connectivity index (χ0) is 26.3. The molecule has 0 aromatic heterocycles. The molecule has 2 aromatic rings. The summed E-state index contributed by atoms with van der Waals surface area (Å²) >= 11 is 0. The Hall–Kier alpha value is -2.60. The van der Waals surface area contributed by atoms with Crippen LogP contribution in [0.3, 0.4) is 0 Å². The zero-order valence-corrected chi connectivity index (χ0v) is 23.3. The summed E-state index contributed by atoms with van der Waals surface area (Å²) < 4.78 is 6.01. The first-order valence-corrected chi connectivity index (χ1v) is 15.0. The van der Waals surface area contributed by atoms with E-state index in [1.807, 2.05) is 18.2 Å². The Morgan fingerprint density at radius 1 is 0.784 bits per heavy atom. The summed E-state index contributed by atoms with van der Waals surface area (Å²) in [7, 11) is 0. The summed E-state index contributed by atoms with van der Waals surface area (Å²) in [4.78, 5) is 13.7. The van der Waals surface area contributed by atoms with Crippen molar-refractivity contribution in [2.24, 2.45) is 0 Å². The summed E-state index contributed by atoms with van der Waals surface area (Å²) in [5, 5.41) is 9.82. The van der Waals surface area contributed by atoms with Gasteiger partial charge in [-0.2, -0.15) is 5.26 Å². The average molecular weight is 502 g/mol. The maximum Gasteiger partial charge on any atom is 0.321 e. The minimum atomic E-state index is -0.621. The first-order chi connectivity index (χ1) is 18.1. The van der Waals surface area contributed by atoms with Gasteiger partial charge in [-0.05, 0) is 67.3 Å². The Balaban J connectivity index is 1.63. The van der Waals surface area contributed by atoms with E-state index in [1.165, 1.54) is 63.4 Å². The van der Waals surface area contributed by atoms with Crippen LogP contribution in [-0.2, 0) is 23.1 Å². The quantitative estimate of drug-likeness (QED) is 0.139. The Bertz CT molecular complexity index is 995. The van der Waals surface area contributed by atoms with Crippen molar-refractivity contribution in [2.75, 3.05) is 0 Å². The molecule has 1 fully saturated rings. The van der Waals surface area contributed by atoms with Crippen molar-refractivity contribution in [1.29, 1.82) is 5.26 Å². The molecule has 0 heterocycles. The van der Waals surface area contributed by atoms with Crippen molar-refractivity contribution < 1.29 is 9.53 Å². The number of hydrogen-bond donors (Lipinski definition) is 0. The molecule has 3 heteroatoms. The summed E-state index contributed by atoms with van der Waals surface area (Å²) in [6, 6.07) is 16.7. The lowest BCUT2D eigenvalue weighted by molar-refractivity contribution is -0.142. The molecular weight excluding hydrogens is 454 g/mol. The smallest absolute Gasteiger partial charge is 0.321 e. The molecule has 1 aliphatic carbocycles. The highest BCUT2D eigenvalue weighted by molar-refractivity contribution is 5.85. The molecule has 2 aromatic carbocycles. The second kappa shape index (κ2) is 15.6. The maximum atomic E-state index is 13.7. The van der Waals surface area contributed by atoms with Crippen molar-refractivity contribution in [1.82, 2.24) is 0 Å². The number of nitriles is 1. The van der Waals surface area contributed by atoms with Crippen LogP contribution in [0.25, 0.3) is 0 Å². The molecule has 200 valence electrons. The van der Waals surface area contributed by atoms with Crippen molar-refractivity contribution in [3.63, 3.8) is 0 Å². The van der Waals surface area contributed by atoms with Gasteiger partial charge in [0.1, 0.15) is 11.8 Å². The van der Waals surface area contributed by atoms with Crippen molar-refractivity contribution in [3.8, 4) is 11.8 Å². The summed E-state index contributed by atoms with van der Waals surface area (Å²) in [5.41, 5.74) is 3.37. The molecule has 3 rings (SSSR count). The van der Waals surface area contributed by atoms with E-state index in [1.54, 1.807) is 0 Å². The van der Waals surface area contributed by atoms with Gasteiger partial charge in [0.2, 0.25) is 0 Å². The van der Waals surface area contributed by atoms with Gasteiger partial charge in [0.15, 0.2) is 0 Å². The highest BCUT2D eigenvalue weighted by atomic mass is 16.5. The predicted molar refractivity (Wildman–Crippen MR) is 153 cm³/mol. The molecule has 3 nitrogen and oxygen atoms in total. The standard InChI is InChI=1S/C34H47NO2/c1-3-5-7-8-9-10-11-13-17-29-20-23-32(30(26-29)27-35)37-33(36)34(24-14-12-15-25-34)31-21-18-28(19-22-31)16-6-4-2/h18-23,26H,3-17,24-25H2,1-2H3. The average Bonchev–Trinajstić information content (AvgIpc) is 2.94. The highest BCUT2D eigenvalue weighted by Crippen LogP contribution is 2.41. The molecule has 37 heavy (non-hydrogen) atoms. The van der Waals surface area contributed by atoms with Crippen LogP contribution < -0.4 is 4.74 Å². The van der Waals surface area contributed by atoms with Crippen LogP contribution in [0.15, 0.2) is 42.5 Å². The molecule has 0 aliphatic heterocycles. The molecule has 0 bridgehead atoms. The topological polar surface area (TPSA) is 50.1 Å². The van der Waals surface area contributed by atoms with E-state index in [0.29, 0.717) is 11.3 Å². The van der Waals surface area contributed by atoms with E-state index in [2.05, 4.69) is 44.2 Å². The minimum Gasteiger partial charge on any atom is -0.424 e. The molecular formula is C34H47NO2. The third-order valence-corrected chi connectivity index (χ3v) is 8.11. The van der Waals surface area contributed by atoms with Crippen LogP contribution in [0.2, 0.25) is 0 Å². The van der Waals surface area contributed by atoms with E-state index in [9.17, 15) is 10.1 Å². The van der Waals surface area contributed by atoms with Crippen LogP contribution in [-0.4, -0.2) is 5.97 Å². The maximum absolute atomic E-state index is 13.7. The number of ether oxygens (including phenoxy) is 1. The number of benzene rings is 2. The first kappa shape index (κ1) is 29.0. The minimum absolute atomic E-state index is 0.208. The van der Waals surface area contributed by atoms with E-state index in [-0.39, 0.29) is 5.97 Å². The number of carbonyl (C=O) groups excluding carboxylic acids is 1. The van der Waals surface area contributed by atoms with Gasteiger partial charge in [-0.25, -0.2) is 0 Å². The van der Waals surface area contributed by atoms with E-state index >= 15 is 0 Å². The second-order valence-electron chi connectivity index (χ2n) is 11.0. The number of nitrogens with zero attached hydrogens (tertiary/aromatic N) is 1. The molecule has 0 atom stereocenters. The second-order valence-corrected chi connectivity index (χ2v) is 11.0. The highest BCUT2D eigenvalue weighted by Gasteiger charge is 2.43. The van der Waals surface area contributed by atoms with Gasteiger partial charge in [0.05, 0.1) is 11.0 Å². The number of rotatable bonds is 15. The van der Waals surface area contributed by atoms with Crippen molar-refractivity contribution >= 4 is 5.97 Å². The van der Waals surface area contributed by atoms with Gasteiger partial charge < -0.3 is 4.74 Å². The van der Waals surface area contributed by atoms with Crippen LogP contribution in [0.5, 0.6) is 5.75 Å². The van der Waals surface area contributed by atoms with Gasteiger partial charge in [-0.1, -0.05) is 115 Å². The van der Waals surface area contributed by atoms with Gasteiger partial charge in [-0.15, -0.1) is 0 Å². The summed E-state index contributed by atoms with van der Waals surface area (Å²) in [6.07, 6.45) is 19.5. The number of carbonyl (C=O) groups is 1. The molecule has 1 aliphatic rings. The molecule has 1 saturated carbocycles. The van der Waals surface area contributed by atoms with Crippen LogP contribution >= 0.6 is 0 Å². The van der Waals surface area contributed by atoms with Crippen LogP contribution in [0.1, 0.15) is 132 Å². The normalized spacial score (nSPS) is 14.7. The molecule has 0 unspecified atom stereocenters.